The Labute approximate surface area is 177 Å². The molecule has 0 aliphatic carbocycles. The highest BCUT2D eigenvalue weighted by atomic mass is 16.6. The van der Waals surface area contributed by atoms with Gasteiger partial charge in [0, 0.05) is 14.2 Å². The second kappa shape index (κ2) is 12.1. The summed E-state index contributed by atoms with van der Waals surface area (Å²) in [5.74, 6) is 2.16. The predicted octanol–water partition coefficient (Wildman–Crippen LogP) is 3.50. The van der Waals surface area contributed by atoms with E-state index in [2.05, 4.69) is 0 Å². The molecule has 2 aromatic rings. The smallest absolute Gasteiger partial charge is 0.161 e. The Bertz CT molecular complexity index is 819. The lowest BCUT2D eigenvalue weighted by Gasteiger charge is -2.25. The molecule has 2 aromatic carbocycles. The van der Waals surface area contributed by atoms with Crippen molar-refractivity contribution in [3.05, 3.63) is 53.6 Å². The van der Waals surface area contributed by atoms with Crippen molar-refractivity contribution >= 4 is 6.08 Å². The van der Waals surface area contributed by atoms with Crippen LogP contribution in [0.5, 0.6) is 23.0 Å². The molecule has 2 atom stereocenters. The highest BCUT2D eigenvalue weighted by molar-refractivity contribution is 5.56. The zero-order valence-electron chi connectivity index (χ0n) is 18.1. The molecule has 0 heterocycles. The molecule has 0 radical (unpaired) electrons. The molecule has 0 aromatic heterocycles. The highest BCUT2D eigenvalue weighted by Gasteiger charge is 2.25. The number of aliphatic hydroxyl groups excluding tert-OH is 1. The van der Waals surface area contributed by atoms with Gasteiger partial charge < -0.3 is 33.5 Å². The van der Waals surface area contributed by atoms with Gasteiger partial charge in [-0.1, -0.05) is 24.3 Å². The van der Waals surface area contributed by atoms with Crippen LogP contribution in [0.3, 0.4) is 0 Å². The average Bonchev–Trinajstić information content (AvgIpc) is 2.78. The van der Waals surface area contributed by atoms with Gasteiger partial charge in [0.1, 0.15) is 6.10 Å². The second-order valence-electron chi connectivity index (χ2n) is 6.44. The van der Waals surface area contributed by atoms with Crippen molar-refractivity contribution in [3.63, 3.8) is 0 Å². The van der Waals surface area contributed by atoms with Crippen molar-refractivity contribution in [1.82, 2.24) is 0 Å². The standard InChI is InChI=1S/C23H30O7/c1-25-12-6-7-16-8-10-19(20(13-16)28-4)30-22(15-26-2)23(24)17-9-11-18(27-3)21(14-17)29-5/h6-11,13-14,22-24H,12,15H2,1-5H3/b7-6+/t22-,23?/m1/s1. The lowest BCUT2D eigenvalue weighted by atomic mass is 10.0. The first-order valence-electron chi connectivity index (χ1n) is 9.47. The van der Waals surface area contributed by atoms with Crippen molar-refractivity contribution in [2.45, 2.75) is 12.2 Å². The molecule has 0 amide bonds. The van der Waals surface area contributed by atoms with Gasteiger partial charge in [0.2, 0.25) is 0 Å². The third-order valence-electron chi connectivity index (χ3n) is 4.47. The van der Waals surface area contributed by atoms with Crippen molar-refractivity contribution in [2.24, 2.45) is 0 Å². The van der Waals surface area contributed by atoms with Gasteiger partial charge in [-0.15, -0.1) is 0 Å². The molecule has 0 saturated carbocycles. The Morgan fingerprint density at radius 3 is 2.10 bits per heavy atom. The molecular formula is C23H30O7. The Morgan fingerprint density at radius 1 is 0.800 bits per heavy atom. The molecule has 164 valence electrons. The summed E-state index contributed by atoms with van der Waals surface area (Å²) >= 11 is 0. The molecule has 0 fully saturated rings. The normalized spacial score (nSPS) is 13.1. The van der Waals surface area contributed by atoms with Crippen LogP contribution in [0.25, 0.3) is 6.08 Å². The third kappa shape index (κ3) is 6.13. The van der Waals surface area contributed by atoms with Gasteiger partial charge in [-0.3, -0.25) is 0 Å². The fourth-order valence-electron chi connectivity index (χ4n) is 2.93. The number of hydrogen-bond acceptors (Lipinski definition) is 7. The van der Waals surface area contributed by atoms with Gasteiger partial charge in [0.15, 0.2) is 29.1 Å². The molecule has 30 heavy (non-hydrogen) atoms. The topological polar surface area (TPSA) is 75.6 Å². The summed E-state index contributed by atoms with van der Waals surface area (Å²) in [5.41, 5.74) is 1.56. The third-order valence-corrected chi connectivity index (χ3v) is 4.47. The lowest BCUT2D eigenvalue weighted by molar-refractivity contribution is -0.0133. The molecule has 0 aliphatic heterocycles. The van der Waals surface area contributed by atoms with Crippen LogP contribution in [0.4, 0.5) is 0 Å². The minimum Gasteiger partial charge on any atom is -0.493 e. The second-order valence-corrected chi connectivity index (χ2v) is 6.44. The van der Waals surface area contributed by atoms with E-state index < -0.39 is 12.2 Å². The molecule has 2 rings (SSSR count). The van der Waals surface area contributed by atoms with Crippen LogP contribution < -0.4 is 18.9 Å². The van der Waals surface area contributed by atoms with Gasteiger partial charge in [-0.2, -0.15) is 0 Å². The molecule has 0 saturated heterocycles. The van der Waals surface area contributed by atoms with Crippen LogP contribution in [-0.2, 0) is 9.47 Å². The zero-order chi connectivity index (χ0) is 21.9. The fraction of sp³-hybridized carbons (Fsp3) is 0.391. The molecule has 0 spiro atoms. The summed E-state index contributed by atoms with van der Waals surface area (Å²) in [5, 5.41) is 11.0. The van der Waals surface area contributed by atoms with E-state index in [0.29, 0.717) is 35.2 Å². The van der Waals surface area contributed by atoms with E-state index in [0.717, 1.165) is 5.56 Å². The molecule has 0 aliphatic rings. The predicted molar refractivity (Wildman–Crippen MR) is 115 cm³/mol. The summed E-state index contributed by atoms with van der Waals surface area (Å²) in [6, 6.07) is 10.8. The first-order chi connectivity index (χ1) is 14.6. The summed E-state index contributed by atoms with van der Waals surface area (Å²) < 4.78 is 32.4. The number of ether oxygens (including phenoxy) is 6. The number of methoxy groups -OCH3 is 5. The van der Waals surface area contributed by atoms with Gasteiger partial charge >= 0.3 is 0 Å². The maximum Gasteiger partial charge on any atom is 0.161 e. The summed E-state index contributed by atoms with van der Waals surface area (Å²) in [6.07, 6.45) is 2.21. The molecule has 1 unspecified atom stereocenters. The molecular weight excluding hydrogens is 388 g/mol. The number of aliphatic hydroxyl groups is 1. The quantitative estimate of drug-likeness (QED) is 0.565. The van der Waals surface area contributed by atoms with Crippen LogP contribution in [0.15, 0.2) is 42.5 Å². The SMILES string of the molecule is COC/C=C/c1ccc(O[C@H](COC)C(O)c2ccc(OC)c(OC)c2)c(OC)c1. The fourth-order valence-corrected chi connectivity index (χ4v) is 2.93. The van der Waals surface area contributed by atoms with Crippen LogP contribution in [0, 0.1) is 0 Å². The molecule has 7 nitrogen and oxygen atoms in total. The Kier molecular flexibility index (Phi) is 9.47. The summed E-state index contributed by atoms with van der Waals surface area (Å²) in [4.78, 5) is 0. The van der Waals surface area contributed by atoms with E-state index in [-0.39, 0.29) is 6.61 Å². The van der Waals surface area contributed by atoms with E-state index in [1.54, 1.807) is 59.8 Å². The van der Waals surface area contributed by atoms with Gasteiger partial charge in [-0.25, -0.2) is 0 Å². The summed E-state index contributed by atoms with van der Waals surface area (Å²) in [7, 11) is 7.87. The molecule has 7 heteroatoms. The minimum absolute atomic E-state index is 0.175. The van der Waals surface area contributed by atoms with E-state index in [9.17, 15) is 5.11 Å². The first kappa shape index (κ1) is 23.5. The molecule has 1 N–H and O–H groups in total. The highest BCUT2D eigenvalue weighted by Crippen LogP contribution is 2.34. The first-order valence-corrected chi connectivity index (χ1v) is 9.47. The van der Waals surface area contributed by atoms with E-state index in [4.69, 9.17) is 28.4 Å². The van der Waals surface area contributed by atoms with Crippen molar-refractivity contribution < 1.29 is 33.5 Å². The van der Waals surface area contributed by atoms with Gasteiger partial charge in [0.25, 0.3) is 0 Å². The number of hydrogen-bond donors (Lipinski definition) is 1. The average molecular weight is 418 g/mol. The zero-order valence-corrected chi connectivity index (χ0v) is 18.1. The van der Waals surface area contributed by atoms with E-state index in [1.165, 1.54) is 0 Å². The Hall–Kier alpha value is -2.74. The Balaban J connectivity index is 2.26. The number of rotatable bonds is 12. The van der Waals surface area contributed by atoms with Crippen LogP contribution in [0.1, 0.15) is 17.2 Å². The van der Waals surface area contributed by atoms with Gasteiger partial charge in [0.05, 0.1) is 34.5 Å². The largest absolute Gasteiger partial charge is 0.493 e. The van der Waals surface area contributed by atoms with Gasteiger partial charge in [-0.05, 0) is 35.4 Å². The Morgan fingerprint density at radius 2 is 1.47 bits per heavy atom. The molecule has 0 bridgehead atoms. The number of benzene rings is 2. The van der Waals surface area contributed by atoms with Crippen molar-refractivity contribution in [2.75, 3.05) is 48.8 Å². The monoisotopic (exact) mass is 418 g/mol. The van der Waals surface area contributed by atoms with E-state index >= 15 is 0 Å². The van der Waals surface area contributed by atoms with Crippen molar-refractivity contribution in [3.8, 4) is 23.0 Å². The van der Waals surface area contributed by atoms with Crippen LogP contribution in [0.2, 0.25) is 0 Å². The maximum absolute atomic E-state index is 11.0. The summed E-state index contributed by atoms with van der Waals surface area (Å²) in [6.45, 7) is 0.697. The maximum atomic E-state index is 11.0. The lowest BCUT2D eigenvalue weighted by Crippen LogP contribution is -2.30. The van der Waals surface area contributed by atoms with E-state index in [1.807, 2.05) is 24.3 Å². The van der Waals surface area contributed by atoms with Crippen LogP contribution in [-0.4, -0.2) is 60.0 Å². The van der Waals surface area contributed by atoms with Crippen LogP contribution >= 0.6 is 0 Å². The van der Waals surface area contributed by atoms with Crippen molar-refractivity contribution in [1.29, 1.82) is 0 Å². The minimum atomic E-state index is -0.962.